The highest BCUT2D eigenvalue weighted by atomic mass is 15.1. The van der Waals surface area contributed by atoms with Crippen molar-refractivity contribution in [1.82, 2.24) is 0 Å². The fourth-order valence-corrected chi connectivity index (χ4v) is 10.9. The third kappa shape index (κ3) is 5.18. The molecule has 10 rings (SSSR count). The largest absolute Gasteiger partial charge is 0.310 e. The summed E-state index contributed by atoms with van der Waals surface area (Å²) in [6, 6.07) is 49.1. The minimum absolute atomic E-state index is 0.122. The van der Waals surface area contributed by atoms with Crippen molar-refractivity contribution in [3.05, 3.63) is 150 Å². The quantitative estimate of drug-likeness (QED) is 0.171. The van der Waals surface area contributed by atoms with Crippen LogP contribution in [0.2, 0.25) is 0 Å². The van der Waals surface area contributed by atoms with Crippen molar-refractivity contribution in [2.45, 2.75) is 88.9 Å². The van der Waals surface area contributed by atoms with Crippen molar-refractivity contribution in [2.75, 3.05) is 4.90 Å². The summed E-state index contributed by atoms with van der Waals surface area (Å²) in [6.07, 6.45) is 12.4. The Labute approximate surface area is 304 Å². The summed E-state index contributed by atoms with van der Waals surface area (Å²) < 4.78 is 0. The number of anilines is 3. The van der Waals surface area contributed by atoms with Gasteiger partial charge in [0.25, 0.3) is 0 Å². The first kappa shape index (κ1) is 31.1. The van der Waals surface area contributed by atoms with Crippen molar-refractivity contribution >= 4 is 27.8 Å². The second-order valence-corrected chi connectivity index (χ2v) is 16.7. The van der Waals surface area contributed by atoms with Crippen LogP contribution in [-0.2, 0) is 5.41 Å². The molecular formula is C50H49N. The third-order valence-corrected chi connectivity index (χ3v) is 13.5. The fraction of sp³-hybridized carbons (Fsp3) is 0.320. The van der Waals surface area contributed by atoms with E-state index in [1.54, 1.807) is 5.56 Å². The molecule has 1 heteroatoms. The van der Waals surface area contributed by atoms with Crippen LogP contribution in [0.5, 0.6) is 0 Å². The Bertz CT molecular complexity index is 2250. The SMILES string of the molecule is CC1(C)c2cc(N(c3ccc(C4CC5CCC4C5)cc3)c3cccc(C4CCCCC4)c3)ccc2-c2c(-c3cccc4ccccc34)cccc21. The van der Waals surface area contributed by atoms with Crippen LogP contribution >= 0.6 is 0 Å². The minimum Gasteiger partial charge on any atom is -0.310 e. The van der Waals surface area contributed by atoms with Crippen LogP contribution in [0.1, 0.15) is 106 Å². The van der Waals surface area contributed by atoms with E-state index in [4.69, 9.17) is 0 Å². The molecule has 1 nitrogen and oxygen atoms in total. The lowest BCUT2D eigenvalue weighted by atomic mass is 9.81. The van der Waals surface area contributed by atoms with E-state index in [-0.39, 0.29) is 5.41 Å². The second-order valence-electron chi connectivity index (χ2n) is 16.7. The lowest BCUT2D eigenvalue weighted by Gasteiger charge is -2.30. The van der Waals surface area contributed by atoms with Gasteiger partial charge in [-0.2, -0.15) is 0 Å². The Balaban J connectivity index is 1.09. The minimum atomic E-state index is -0.122. The summed E-state index contributed by atoms with van der Waals surface area (Å²) in [7, 11) is 0. The van der Waals surface area contributed by atoms with E-state index in [0.29, 0.717) is 5.92 Å². The van der Waals surface area contributed by atoms with Gasteiger partial charge in [-0.05, 0) is 147 Å². The molecule has 6 aromatic rings. The summed E-state index contributed by atoms with van der Waals surface area (Å²) in [5.74, 6) is 3.26. The molecule has 4 aliphatic carbocycles. The molecule has 0 saturated heterocycles. The van der Waals surface area contributed by atoms with Crippen molar-refractivity contribution in [3.8, 4) is 22.3 Å². The number of hydrogen-bond acceptors (Lipinski definition) is 1. The fourth-order valence-electron chi connectivity index (χ4n) is 10.9. The first-order valence-corrected chi connectivity index (χ1v) is 19.8. The maximum absolute atomic E-state index is 2.54. The topological polar surface area (TPSA) is 3.24 Å². The van der Waals surface area contributed by atoms with Crippen LogP contribution in [0.4, 0.5) is 17.1 Å². The Kier molecular flexibility index (Phi) is 7.49. The Hall–Kier alpha value is -4.62. The first-order chi connectivity index (χ1) is 25.0. The van der Waals surface area contributed by atoms with E-state index >= 15 is 0 Å². The summed E-state index contributed by atoms with van der Waals surface area (Å²) >= 11 is 0. The van der Waals surface area contributed by atoms with E-state index in [0.717, 1.165) is 17.8 Å². The standard InChI is InChI=1S/C50H49N/c1-50(2)47-20-10-19-44(43-18-9-14-35-13-6-7-17-42(35)43)49(47)45-28-27-41(32-48(45)50)51(40-16-8-15-37(31-40)34-11-4-3-5-12-34)39-25-23-36(24-26-39)46-30-33-21-22-38(46)29-33/h6-10,13-20,23-28,31-34,38,46H,3-5,11-12,21-22,29-30H2,1-2H3. The molecule has 0 N–H and O–H groups in total. The number of hydrogen-bond donors (Lipinski definition) is 0. The van der Waals surface area contributed by atoms with Crippen LogP contribution in [-0.4, -0.2) is 0 Å². The highest BCUT2D eigenvalue weighted by Crippen LogP contribution is 2.55. The molecule has 6 aromatic carbocycles. The lowest BCUT2D eigenvalue weighted by molar-refractivity contribution is 0.420. The van der Waals surface area contributed by atoms with Gasteiger partial charge in [-0.15, -0.1) is 0 Å². The van der Waals surface area contributed by atoms with Gasteiger partial charge in [0, 0.05) is 22.5 Å². The average Bonchev–Trinajstić information content (AvgIpc) is 3.88. The highest BCUT2D eigenvalue weighted by molar-refractivity contribution is 6.03. The maximum atomic E-state index is 2.54. The van der Waals surface area contributed by atoms with Gasteiger partial charge in [0.15, 0.2) is 0 Å². The van der Waals surface area contributed by atoms with Crippen LogP contribution in [0.25, 0.3) is 33.0 Å². The summed E-state index contributed by atoms with van der Waals surface area (Å²) in [4.78, 5) is 2.54. The summed E-state index contributed by atoms with van der Waals surface area (Å²) in [6.45, 7) is 4.85. The number of fused-ring (bicyclic) bond motifs is 6. The number of rotatable bonds is 6. The smallest absolute Gasteiger partial charge is 0.0465 e. The molecule has 0 aliphatic heterocycles. The van der Waals surface area contributed by atoms with Gasteiger partial charge in [0.05, 0.1) is 0 Å². The van der Waals surface area contributed by atoms with Crippen LogP contribution in [0.3, 0.4) is 0 Å². The van der Waals surface area contributed by atoms with Gasteiger partial charge in [-0.3, -0.25) is 0 Å². The average molecular weight is 664 g/mol. The molecular weight excluding hydrogens is 615 g/mol. The maximum Gasteiger partial charge on any atom is 0.0465 e. The van der Waals surface area contributed by atoms with Gasteiger partial charge in [0.1, 0.15) is 0 Å². The lowest BCUT2D eigenvalue weighted by Crippen LogP contribution is -2.17. The molecule has 3 fully saturated rings. The molecule has 0 spiro atoms. The molecule has 0 radical (unpaired) electrons. The molecule has 4 aliphatic rings. The molecule has 3 atom stereocenters. The molecule has 0 aromatic heterocycles. The van der Waals surface area contributed by atoms with Gasteiger partial charge in [-0.1, -0.05) is 131 Å². The van der Waals surface area contributed by atoms with E-state index in [1.165, 1.54) is 125 Å². The zero-order valence-electron chi connectivity index (χ0n) is 30.2. The summed E-state index contributed by atoms with van der Waals surface area (Å²) in [5.41, 5.74) is 14.9. The predicted molar refractivity (Wildman–Crippen MR) is 216 cm³/mol. The molecule has 0 amide bonds. The molecule has 3 saturated carbocycles. The Morgan fingerprint density at radius 2 is 1.27 bits per heavy atom. The number of benzene rings is 6. The van der Waals surface area contributed by atoms with E-state index in [9.17, 15) is 0 Å². The van der Waals surface area contributed by atoms with Gasteiger partial charge >= 0.3 is 0 Å². The predicted octanol–water partition coefficient (Wildman–Crippen LogP) is 14.2. The summed E-state index contributed by atoms with van der Waals surface area (Å²) in [5, 5.41) is 2.60. The van der Waals surface area contributed by atoms with Crippen LogP contribution in [0.15, 0.2) is 127 Å². The van der Waals surface area contributed by atoms with Gasteiger partial charge in [-0.25, -0.2) is 0 Å². The first-order valence-electron chi connectivity index (χ1n) is 19.8. The normalized spacial score (nSPS) is 21.9. The molecule has 254 valence electrons. The van der Waals surface area contributed by atoms with Crippen molar-refractivity contribution in [1.29, 1.82) is 0 Å². The third-order valence-electron chi connectivity index (χ3n) is 13.5. The Morgan fingerprint density at radius 1 is 0.529 bits per heavy atom. The monoisotopic (exact) mass is 663 g/mol. The molecule has 0 heterocycles. The molecule has 3 unspecified atom stereocenters. The van der Waals surface area contributed by atoms with Crippen molar-refractivity contribution in [2.24, 2.45) is 11.8 Å². The van der Waals surface area contributed by atoms with Crippen molar-refractivity contribution < 1.29 is 0 Å². The van der Waals surface area contributed by atoms with Crippen molar-refractivity contribution in [3.63, 3.8) is 0 Å². The number of nitrogens with zero attached hydrogens (tertiary/aromatic N) is 1. The van der Waals surface area contributed by atoms with Gasteiger partial charge in [0.2, 0.25) is 0 Å². The Morgan fingerprint density at radius 3 is 2.10 bits per heavy atom. The molecule has 2 bridgehead atoms. The van der Waals surface area contributed by atoms with E-state index < -0.39 is 0 Å². The van der Waals surface area contributed by atoms with Crippen LogP contribution in [0, 0.1) is 11.8 Å². The second kappa shape index (κ2) is 12.3. The zero-order valence-corrected chi connectivity index (χ0v) is 30.2. The van der Waals surface area contributed by atoms with Crippen LogP contribution < -0.4 is 4.90 Å². The highest BCUT2D eigenvalue weighted by Gasteiger charge is 2.40. The van der Waals surface area contributed by atoms with E-state index in [1.807, 2.05) is 0 Å². The zero-order chi connectivity index (χ0) is 34.1. The van der Waals surface area contributed by atoms with E-state index in [2.05, 4.69) is 146 Å². The molecule has 51 heavy (non-hydrogen) atoms. The van der Waals surface area contributed by atoms with Gasteiger partial charge < -0.3 is 4.90 Å².